The zero-order valence-corrected chi connectivity index (χ0v) is 11.4. The molecule has 0 aliphatic carbocycles. The molecule has 0 aromatic heterocycles. The quantitative estimate of drug-likeness (QED) is 0.530. The average molecular weight is 274 g/mol. The van der Waals surface area contributed by atoms with Crippen molar-refractivity contribution in [1.82, 2.24) is 0 Å². The Morgan fingerprint density at radius 3 is 2.38 bits per heavy atom. The number of rotatable bonds is 3. The van der Waals surface area contributed by atoms with Gasteiger partial charge in [-0.3, -0.25) is 4.79 Å². The predicted octanol–water partition coefficient (Wildman–Crippen LogP) is 4.16. The van der Waals surface area contributed by atoms with E-state index in [1.54, 1.807) is 0 Å². The normalized spacial score (nSPS) is 20.4. The lowest BCUT2D eigenvalue weighted by Gasteiger charge is -2.04. The second-order valence-corrected chi connectivity index (χ2v) is 5.28. The summed E-state index contributed by atoms with van der Waals surface area (Å²) in [6, 6.07) is 23.7. The van der Waals surface area contributed by atoms with Crippen LogP contribution in [0.3, 0.4) is 0 Å². The van der Waals surface area contributed by atoms with E-state index < -0.39 is 0 Å². The van der Waals surface area contributed by atoms with E-state index in [0.29, 0.717) is 0 Å². The number of ether oxygens (including phenoxy) is 1. The summed E-state index contributed by atoms with van der Waals surface area (Å²) < 4.78 is 5.62. The van der Waals surface area contributed by atoms with Crippen LogP contribution in [-0.2, 0) is 4.74 Å². The van der Waals surface area contributed by atoms with Crippen LogP contribution in [0.1, 0.15) is 22.0 Å². The number of ketones is 1. The molecule has 102 valence electrons. The molecule has 0 spiro atoms. The fourth-order valence-corrected chi connectivity index (χ4v) is 2.80. The highest BCUT2D eigenvalue weighted by Gasteiger charge is 2.46. The molecule has 0 saturated carbocycles. The number of carbonyl (C=O) groups is 1. The molecule has 0 amide bonds. The maximum absolute atomic E-state index is 12.7. The summed E-state index contributed by atoms with van der Waals surface area (Å²) >= 11 is 0. The molecule has 1 aliphatic rings. The van der Waals surface area contributed by atoms with Gasteiger partial charge in [0.1, 0.15) is 6.10 Å². The molecule has 0 bridgehead atoms. The first-order valence-electron chi connectivity index (χ1n) is 7.07. The Bertz CT molecular complexity index is 803. The van der Waals surface area contributed by atoms with Crippen molar-refractivity contribution in [3.05, 3.63) is 83.9 Å². The molecule has 1 aliphatic heterocycles. The van der Waals surface area contributed by atoms with Crippen molar-refractivity contribution in [3.63, 3.8) is 0 Å². The number of epoxide rings is 1. The lowest BCUT2D eigenvalue weighted by Crippen LogP contribution is -2.08. The van der Waals surface area contributed by atoms with Crippen molar-refractivity contribution in [2.45, 2.75) is 12.2 Å². The Hall–Kier alpha value is -2.45. The van der Waals surface area contributed by atoms with Gasteiger partial charge in [0.25, 0.3) is 0 Å². The Morgan fingerprint density at radius 2 is 1.52 bits per heavy atom. The van der Waals surface area contributed by atoms with Crippen LogP contribution in [0, 0.1) is 0 Å². The lowest BCUT2D eigenvalue weighted by atomic mass is 9.97. The van der Waals surface area contributed by atoms with Gasteiger partial charge >= 0.3 is 0 Å². The van der Waals surface area contributed by atoms with Gasteiger partial charge in [-0.15, -0.1) is 0 Å². The summed E-state index contributed by atoms with van der Waals surface area (Å²) in [6.45, 7) is 0. The second-order valence-electron chi connectivity index (χ2n) is 5.28. The van der Waals surface area contributed by atoms with Crippen LogP contribution >= 0.6 is 0 Å². The van der Waals surface area contributed by atoms with Crippen molar-refractivity contribution in [2.24, 2.45) is 0 Å². The molecule has 3 aromatic carbocycles. The molecule has 2 nitrogen and oxygen atoms in total. The van der Waals surface area contributed by atoms with E-state index in [-0.39, 0.29) is 18.0 Å². The number of fused-ring (bicyclic) bond motifs is 1. The number of hydrogen-bond acceptors (Lipinski definition) is 2. The number of benzene rings is 3. The fraction of sp³-hybridized carbons (Fsp3) is 0.105. The van der Waals surface area contributed by atoms with Crippen LogP contribution in [0.25, 0.3) is 10.8 Å². The summed E-state index contributed by atoms with van der Waals surface area (Å²) in [5, 5.41) is 2.08. The molecular weight excluding hydrogens is 260 g/mol. The molecule has 0 unspecified atom stereocenters. The summed E-state index contributed by atoms with van der Waals surface area (Å²) in [4.78, 5) is 12.7. The molecule has 0 radical (unpaired) electrons. The van der Waals surface area contributed by atoms with Crippen molar-refractivity contribution < 1.29 is 9.53 Å². The smallest absolute Gasteiger partial charge is 0.195 e. The second kappa shape index (κ2) is 4.83. The highest BCUT2D eigenvalue weighted by atomic mass is 16.6. The van der Waals surface area contributed by atoms with E-state index in [4.69, 9.17) is 4.74 Å². The van der Waals surface area contributed by atoms with Crippen LogP contribution in [0.5, 0.6) is 0 Å². The van der Waals surface area contributed by atoms with Crippen LogP contribution in [0.15, 0.2) is 72.8 Å². The summed E-state index contributed by atoms with van der Waals surface area (Å²) in [5.74, 6) is 0.0700. The molecule has 1 fully saturated rings. The summed E-state index contributed by atoms with van der Waals surface area (Å²) in [7, 11) is 0. The van der Waals surface area contributed by atoms with Crippen molar-refractivity contribution in [1.29, 1.82) is 0 Å². The minimum absolute atomic E-state index is 0.0700. The van der Waals surface area contributed by atoms with Crippen LogP contribution in [-0.4, -0.2) is 11.9 Å². The lowest BCUT2D eigenvalue weighted by molar-refractivity contribution is 0.0955. The van der Waals surface area contributed by atoms with E-state index in [9.17, 15) is 4.79 Å². The van der Waals surface area contributed by atoms with Gasteiger partial charge in [-0.05, 0) is 16.3 Å². The number of hydrogen-bond donors (Lipinski definition) is 0. The minimum atomic E-state index is -0.349. The first-order chi connectivity index (χ1) is 10.3. The largest absolute Gasteiger partial charge is 0.356 e. The molecule has 2 heteroatoms. The van der Waals surface area contributed by atoms with Gasteiger partial charge in [0, 0.05) is 5.56 Å². The third-order valence-electron chi connectivity index (χ3n) is 3.93. The van der Waals surface area contributed by atoms with Gasteiger partial charge in [0.15, 0.2) is 11.9 Å². The van der Waals surface area contributed by atoms with Gasteiger partial charge in [-0.25, -0.2) is 0 Å². The highest BCUT2D eigenvalue weighted by molar-refractivity contribution is 6.11. The van der Waals surface area contributed by atoms with Gasteiger partial charge in [0.2, 0.25) is 0 Å². The minimum Gasteiger partial charge on any atom is -0.356 e. The highest BCUT2D eigenvalue weighted by Crippen LogP contribution is 2.41. The summed E-state index contributed by atoms with van der Waals surface area (Å²) in [5.41, 5.74) is 1.81. The van der Waals surface area contributed by atoms with Crippen LogP contribution in [0.4, 0.5) is 0 Å². The van der Waals surface area contributed by atoms with Crippen molar-refractivity contribution in [3.8, 4) is 0 Å². The van der Waals surface area contributed by atoms with E-state index in [1.165, 1.54) is 0 Å². The van der Waals surface area contributed by atoms with Gasteiger partial charge < -0.3 is 4.74 Å². The van der Waals surface area contributed by atoms with Crippen LogP contribution < -0.4 is 0 Å². The molecular formula is C19H14O2. The molecule has 1 saturated heterocycles. The Balaban J connectivity index is 1.67. The SMILES string of the molecule is O=C(c1cccc2ccccc12)[C@@H]1O[C@H]1c1ccccc1. The van der Waals surface area contributed by atoms with E-state index >= 15 is 0 Å². The van der Waals surface area contributed by atoms with Gasteiger partial charge in [-0.2, -0.15) is 0 Å². The number of Topliss-reactive ketones (excluding diaryl/α,β-unsaturated/α-hetero) is 1. The molecule has 1 heterocycles. The maximum atomic E-state index is 12.7. The van der Waals surface area contributed by atoms with E-state index in [2.05, 4.69) is 0 Å². The van der Waals surface area contributed by atoms with Gasteiger partial charge in [0.05, 0.1) is 0 Å². The molecule has 2 atom stereocenters. The first kappa shape index (κ1) is 12.3. The number of carbonyl (C=O) groups excluding carboxylic acids is 1. The standard InChI is InChI=1S/C19H14O2/c20-17(19-18(21-19)14-8-2-1-3-9-14)16-12-6-10-13-7-4-5-11-15(13)16/h1-12,18-19H/t18-,19-/m0/s1. The van der Waals surface area contributed by atoms with Crippen molar-refractivity contribution >= 4 is 16.6 Å². The topological polar surface area (TPSA) is 29.6 Å². The monoisotopic (exact) mass is 274 g/mol. The predicted molar refractivity (Wildman–Crippen MR) is 82.3 cm³/mol. The molecule has 21 heavy (non-hydrogen) atoms. The molecule has 3 aromatic rings. The van der Waals surface area contributed by atoms with Gasteiger partial charge in [-0.1, -0.05) is 72.8 Å². The Kier molecular flexibility index (Phi) is 2.83. The molecule has 4 rings (SSSR count). The Labute approximate surface area is 123 Å². The third kappa shape index (κ3) is 2.14. The van der Waals surface area contributed by atoms with Crippen molar-refractivity contribution in [2.75, 3.05) is 0 Å². The zero-order valence-electron chi connectivity index (χ0n) is 11.4. The molecule has 0 N–H and O–H groups in total. The average Bonchev–Trinajstić information content (AvgIpc) is 3.35. The van der Waals surface area contributed by atoms with E-state index in [0.717, 1.165) is 21.9 Å². The maximum Gasteiger partial charge on any atom is 0.195 e. The van der Waals surface area contributed by atoms with E-state index in [1.807, 2.05) is 72.8 Å². The van der Waals surface area contributed by atoms with Crippen LogP contribution in [0.2, 0.25) is 0 Å². The fourth-order valence-electron chi connectivity index (χ4n) is 2.80. The third-order valence-corrected chi connectivity index (χ3v) is 3.93. The summed E-state index contributed by atoms with van der Waals surface area (Å²) in [6.07, 6.45) is -0.448. The first-order valence-corrected chi connectivity index (χ1v) is 7.07. The Morgan fingerprint density at radius 1 is 0.810 bits per heavy atom. The zero-order chi connectivity index (χ0) is 14.2.